The van der Waals surface area contributed by atoms with Crippen molar-refractivity contribution in [3.05, 3.63) is 23.8 Å². The first-order valence-corrected chi connectivity index (χ1v) is 7.08. The Labute approximate surface area is 104 Å². The van der Waals surface area contributed by atoms with Crippen LogP contribution in [0, 0.1) is 5.41 Å². The SMILES string of the molecule is CSc1cccc(SC2COC2)c1C(=N)N. The molecule has 2 rings (SSSR count). The summed E-state index contributed by atoms with van der Waals surface area (Å²) in [6.45, 7) is 1.59. The third kappa shape index (κ3) is 2.36. The highest BCUT2D eigenvalue weighted by atomic mass is 32.2. The quantitative estimate of drug-likeness (QED) is 0.491. The summed E-state index contributed by atoms with van der Waals surface area (Å²) in [6.07, 6.45) is 2.00. The number of rotatable bonds is 4. The van der Waals surface area contributed by atoms with Crippen LogP contribution in [0.2, 0.25) is 0 Å². The van der Waals surface area contributed by atoms with Crippen molar-refractivity contribution in [2.75, 3.05) is 19.5 Å². The summed E-state index contributed by atoms with van der Waals surface area (Å²) in [7, 11) is 0. The number of nitrogens with two attached hydrogens (primary N) is 1. The first kappa shape index (κ1) is 11.8. The van der Waals surface area contributed by atoms with Crippen LogP contribution in [-0.2, 0) is 4.74 Å². The molecule has 16 heavy (non-hydrogen) atoms. The third-order valence-electron chi connectivity index (χ3n) is 2.38. The molecule has 1 fully saturated rings. The molecule has 5 heteroatoms. The second-order valence-corrected chi connectivity index (χ2v) is 5.71. The van der Waals surface area contributed by atoms with Crippen molar-refractivity contribution in [3.63, 3.8) is 0 Å². The minimum Gasteiger partial charge on any atom is -0.384 e. The van der Waals surface area contributed by atoms with E-state index < -0.39 is 0 Å². The van der Waals surface area contributed by atoms with E-state index >= 15 is 0 Å². The second-order valence-electron chi connectivity index (χ2n) is 3.52. The number of thioether (sulfide) groups is 2. The van der Waals surface area contributed by atoms with E-state index in [-0.39, 0.29) is 5.84 Å². The summed E-state index contributed by atoms with van der Waals surface area (Å²) in [5.74, 6) is 0.146. The normalized spacial score (nSPS) is 15.8. The van der Waals surface area contributed by atoms with Gasteiger partial charge in [-0.05, 0) is 18.4 Å². The number of nitrogen functional groups attached to an aromatic ring is 1. The summed E-state index contributed by atoms with van der Waals surface area (Å²) in [5.41, 5.74) is 6.52. The smallest absolute Gasteiger partial charge is 0.125 e. The van der Waals surface area contributed by atoms with Crippen molar-refractivity contribution >= 4 is 29.4 Å². The molecule has 1 aromatic rings. The van der Waals surface area contributed by atoms with Crippen molar-refractivity contribution in [3.8, 4) is 0 Å². The average Bonchev–Trinajstić information content (AvgIpc) is 2.22. The van der Waals surface area contributed by atoms with Gasteiger partial charge in [0.25, 0.3) is 0 Å². The molecule has 0 aliphatic carbocycles. The van der Waals surface area contributed by atoms with Crippen LogP contribution in [-0.4, -0.2) is 30.6 Å². The van der Waals surface area contributed by atoms with Crippen molar-refractivity contribution < 1.29 is 4.74 Å². The minimum absolute atomic E-state index is 0.146. The lowest BCUT2D eigenvalue weighted by molar-refractivity contribution is 0.0455. The lowest BCUT2D eigenvalue weighted by Gasteiger charge is -2.26. The summed E-state index contributed by atoms with van der Waals surface area (Å²) >= 11 is 3.38. The van der Waals surface area contributed by atoms with Crippen molar-refractivity contribution in [2.24, 2.45) is 5.73 Å². The van der Waals surface area contributed by atoms with E-state index in [1.165, 1.54) is 0 Å². The van der Waals surface area contributed by atoms with Gasteiger partial charge in [0.05, 0.1) is 18.5 Å². The Balaban J connectivity index is 2.30. The number of ether oxygens (including phenoxy) is 1. The van der Waals surface area contributed by atoms with E-state index in [1.807, 2.05) is 24.5 Å². The van der Waals surface area contributed by atoms with Crippen LogP contribution in [0.15, 0.2) is 28.0 Å². The monoisotopic (exact) mass is 254 g/mol. The van der Waals surface area contributed by atoms with Crippen LogP contribution in [0.3, 0.4) is 0 Å². The molecule has 86 valence electrons. The molecule has 0 spiro atoms. The maximum atomic E-state index is 7.66. The van der Waals surface area contributed by atoms with E-state index in [1.54, 1.807) is 23.5 Å². The minimum atomic E-state index is 0.146. The van der Waals surface area contributed by atoms with Gasteiger partial charge in [0, 0.05) is 15.4 Å². The zero-order valence-electron chi connectivity index (χ0n) is 9.03. The van der Waals surface area contributed by atoms with Gasteiger partial charge in [0.1, 0.15) is 5.84 Å². The standard InChI is InChI=1S/C11H14N2OS2/c1-15-8-3-2-4-9(10(8)11(12)13)16-7-5-14-6-7/h2-4,7H,5-6H2,1H3,(H3,12,13). The third-order valence-corrected chi connectivity index (χ3v) is 4.36. The second kappa shape index (κ2) is 5.12. The number of amidine groups is 1. The van der Waals surface area contributed by atoms with Gasteiger partial charge in [-0.25, -0.2) is 0 Å². The lowest BCUT2D eigenvalue weighted by Crippen LogP contribution is -2.30. The molecule has 3 N–H and O–H groups in total. The molecule has 0 atom stereocenters. The van der Waals surface area contributed by atoms with Crippen LogP contribution < -0.4 is 5.73 Å². The van der Waals surface area contributed by atoms with Crippen LogP contribution in [0.25, 0.3) is 0 Å². The molecule has 1 aliphatic rings. The van der Waals surface area contributed by atoms with E-state index in [2.05, 4.69) is 0 Å². The fraction of sp³-hybridized carbons (Fsp3) is 0.364. The highest BCUT2D eigenvalue weighted by Gasteiger charge is 2.22. The summed E-state index contributed by atoms with van der Waals surface area (Å²) < 4.78 is 5.15. The molecule has 0 bridgehead atoms. The Morgan fingerprint density at radius 3 is 2.62 bits per heavy atom. The number of hydrogen-bond donors (Lipinski definition) is 2. The first-order chi connectivity index (χ1) is 7.72. The van der Waals surface area contributed by atoms with Gasteiger partial charge in [-0.2, -0.15) is 0 Å². The molecule has 1 aliphatic heterocycles. The molecule has 1 saturated heterocycles. The van der Waals surface area contributed by atoms with Gasteiger partial charge in [0.2, 0.25) is 0 Å². The predicted molar refractivity (Wildman–Crippen MR) is 69.7 cm³/mol. The van der Waals surface area contributed by atoms with Crippen LogP contribution in [0.5, 0.6) is 0 Å². The summed E-state index contributed by atoms with van der Waals surface area (Å²) in [5, 5.41) is 8.17. The average molecular weight is 254 g/mol. The van der Waals surface area contributed by atoms with Gasteiger partial charge >= 0.3 is 0 Å². The van der Waals surface area contributed by atoms with E-state index in [0.717, 1.165) is 28.6 Å². The Kier molecular flexibility index (Phi) is 3.78. The zero-order valence-corrected chi connectivity index (χ0v) is 10.7. The molecular weight excluding hydrogens is 240 g/mol. The van der Waals surface area contributed by atoms with Gasteiger partial charge in [-0.3, -0.25) is 5.41 Å². The number of hydrogen-bond acceptors (Lipinski definition) is 4. The molecule has 1 aromatic carbocycles. The Hall–Kier alpha value is -0.650. The molecule has 3 nitrogen and oxygen atoms in total. The van der Waals surface area contributed by atoms with Crippen molar-refractivity contribution in [1.82, 2.24) is 0 Å². The van der Waals surface area contributed by atoms with E-state index in [9.17, 15) is 0 Å². The molecule has 0 amide bonds. The van der Waals surface area contributed by atoms with E-state index in [0.29, 0.717) is 5.25 Å². The fourth-order valence-electron chi connectivity index (χ4n) is 1.51. The highest BCUT2D eigenvalue weighted by molar-refractivity contribution is 8.00. The molecule has 0 unspecified atom stereocenters. The van der Waals surface area contributed by atoms with Crippen molar-refractivity contribution in [2.45, 2.75) is 15.0 Å². The first-order valence-electron chi connectivity index (χ1n) is 4.98. The molecular formula is C11H14N2OS2. The summed E-state index contributed by atoms with van der Waals surface area (Å²) in [6, 6.07) is 6.04. The maximum absolute atomic E-state index is 7.66. The number of nitrogens with one attached hydrogen (secondary N) is 1. The fourth-order valence-corrected chi connectivity index (χ4v) is 3.39. The molecule has 0 aromatic heterocycles. The Morgan fingerprint density at radius 1 is 1.44 bits per heavy atom. The van der Waals surface area contributed by atoms with Gasteiger partial charge in [-0.1, -0.05) is 6.07 Å². The van der Waals surface area contributed by atoms with Gasteiger partial charge in [0.15, 0.2) is 0 Å². The molecule has 0 saturated carbocycles. The Morgan fingerprint density at radius 2 is 2.12 bits per heavy atom. The zero-order chi connectivity index (χ0) is 11.5. The van der Waals surface area contributed by atoms with Crippen LogP contribution in [0.1, 0.15) is 5.56 Å². The molecule has 1 heterocycles. The van der Waals surface area contributed by atoms with Gasteiger partial charge < -0.3 is 10.5 Å². The topological polar surface area (TPSA) is 59.1 Å². The van der Waals surface area contributed by atoms with Gasteiger partial charge in [-0.15, -0.1) is 23.5 Å². The Bertz CT molecular complexity index is 405. The van der Waals surface area contributed by atoms with Crippen molar-refractivity contribution in [1.29, 1.82) is 5.41 Å². The largest absolute Gasteiger partial charge is 0.384 e. The van der Waals surface area contributed by atoms with E-state index in [4.69, 9.17) is 15.9 Å². The lowest BCUT2D eigenvalue weighted by atomic mass is 10.2. The summed E-state index contributed by atoms with van der Waals surface area (Å²) in [4.78, 5) is 2.16. The predicted octanol–water partition coefficient (Wildman–Crippen LogP) is 2.18. The molecule has 0 radical (unpaired) electrons. The van der Waals surface area contributed by atoms with Crippen LogP contribution >= 0.6 is 23.5 Å². The highest BCUT2D eigenvalue weighted by Crippen LogP contribution is 2.34. The number of benzene rings is 1. The maximum Gasteiger partial charge on any atom is 0.125 e. The van der Waals surface area contributed by atoms with Crippen LogP contribution in [0.4, 0.5) is 0 Å².